The summed E-state index contributed by atoms with van der Waals surface area (Å²) in [6, 6.07) is -0.720. The molecule has 0 aromatic rings. The smallest absolute Gasteiger partial charge is 0.302 e. The van der Waals surface area contributed by atoms with E-state index in [0.717, 1.165) is 0 Å². The van der Waals surface area contributed by atoms with Crippen LogP contribution in [0.1, 0.15) is 6.92 Å². The predicted octanol–water partition coefficient (Wildman–Crippen LogP) is -0.440. The van der Waals surface area contributed by atoms with Gasteiger partial charge in [-0.1, -0.05) is 5.92 Å². The van der Waals surface area contributed by atoms with Crippen LogP contribution in [0.5, 0.6) is 0 Å². The summed E-state index contributed by atoms with van der Waals surface area (Å²) in [6.07, 6.45) is 5.08. The molecule has 0 radical (unpaired) electrons. The highest BCUT2D eigenvalue weighted by molar-refractivity contribution is 6.02. The summed E-state index contributed by atoms with van der Waals surface area (Å²) in [7, 11) is 0. The minimum absolute atomic E-state index is 0.0736. The molecule has 0 bridgehead atoms. The number of terminal acetylenes is 1. The van der Waals surface area contributed by atoms with E-state index in [1.807, 2.05) is 0 Å². The second-order valence-corrected chi connectivity index (χ2v) is 2.32. The number of imide groups is 1. The topological polar surface area (TPSA) is 49.4 Å². The molecule has 11 heavy (non-hydrogen) atoms. The molecule has 3 amide bonds. The quantitative estimate of drug-likeness (QED) is 0.409. The molecule has 0 aromatic carbocycles. The Bertz CT molecular complexity index is 241. The number of carbonyl (C=O) groups excluding carboxylic acids is 2. The van der Waals surface area contributed by atoms with Crippen molar-refractivity contribution in [1.82, 2.24) is 10.2 Å². The SMILES string of the molecule is C#CC(C)N1CC(=O)NC1=O. The molecule has 0 saturated carbocycles. The van der Waals surface area contributed by atoms with E-state index in [1.54, 1.807) is 6.92 Å². The highest BCUT2D eigenvalue weighted by atomic mass is 16.2. The number of carbonyl (C=O) groups is 2. The van der Waals surface area contributed by atoms with Gasteiger partial charge in [0.1, 0.15) is 6.54 Å². The number of nitrogens with one attached hydrogen (secondary N) is 1. The maximum atomic E-state index is 10.9. The molecule has 1 heterocycles. The van der Waals surface area contributed by atoms with E-state index >= 15 is 0 Å². The van der Waals surface area contributed by atoms with Crippen LogP contribution >= 0.6 is 0 Å². The third-order valence-electron chi connectivity index (χ3n) is 1.53. The summed E-state index contributed by atoms with van der Waals surface area (Å²) in [5, 5.41) is 2.13. The summed E-state index contributed by atoms with van der Waals surface area (Å²) in [4.78, 5) is 22.8. The molecule has 4 heteroatoms. The van der Waals surface area contributed by atoms with E-state index in [-0.39, 0.29) is 18.5 Å². The monoisotopic (exact) mass is 152 g/mol. The summed E-state index contributed by atoms with van der Waals surface area (Å²) in [6.45, 7) is 1.77. The molecule has 1 atom stereocenters. The Balaban J connectivity index is 2.69. The molecule has 0 spiro atoms. The average Bonchev–Trinajstić information content (AvgIpc) is 2.28. The highest BCUT2D eigenvalue weighted by Crippen LogP contribution is 2.02. The van der Waals surface area contributed by atoms with Crippen molar-refractivity contribution in [1.29, 1.82) is 0 Å². The number of urea groups is 1. The molecular formula is C7H8N2O2. The van der Waals surface area contributed by atoms with Crippen molar-refractivity contribution in [3.63, 3.8) is 0 Å². The summed E-state index contributed by atoms with van der Waals surface area (Å²) in [5.41, 5.74) is 0. The number of nitrogens with zero attached hydrogens (tertiary/aromatic N) is 1. The van der Waals surface area contributed by atoms with E-state index in [2.05, 4.69) is 11.2 Å². The van der Waals surface area contributed by atoms with Crippen LogP contribution in [0.15, 0.2) is 0 Å². The van der Waals surface area contributed by atoms with Crippen molar-refractivity contribution in [2.75, 3.05) is 6.54 Å². The van der Waals surface area contributed by atoms with Crippen molar-refractivity contribution >= 4 is 11.9 Å². The normalized spacial score (nSPS) is 19.5. The number of hydrogen-bond donors (Lipinski definition) is 1. The van der Waals surface area contributed by atoms with E-state index in [1.165, 1.54) is 4.90 Å². The Morgan fingerprint density at radius 3 is 2.73 bits per heavy atom. The second kappa shape index (κ2) is 2.62. The molecule has 58 valence electrons. The van der Waals surface area contributed by atoms with Gasteiger partial charge in [-0.3, -0.25) is 10.1 Å². The molecule has 1 unspecified atom stereocenters. The van der Waals surface area contributed by atoms with Crippen LogP contribution < -0.4 is 5.32 Å². The lowest BCUT2D eigenvalue weighted by atomic mass is 10.3. The van der Waals surface area contributed by atoms with Gasteiger partial charge in [0, 0.05) is 0 Å². The fraction of sp³-hybridized carbons (Fsp3) is 0.429. The van der Waals surface area contributed by atoms with E-state index in [0.29, 0.717) is 0 Å². The fourth-order valence-corrected chi connectivity index (χ4v) is 0.860. The number of rotatable bonds is 1. The van der Waals surface area contributed by atoms with Crippen LogP contribution in [0.3, 0.4) is 0 Å². The van der Waals surface area contributed by atoms with Gasteiger partial charge in [0.2, 0.25) is 5.91 Å². The van der Waals surface area contributed by atoms with E-state index in [4.69, 9.17) is 6.42 Å². The van der Waals surface area contributed by atoms with E-state index < -0.39 is 6.03 Å². The molecule has 0 aromatic heterocycles. The van der Waals surface area contributed by atoms with Gasteiger partial charge in [0.05, 0.1) is 6.04 Å². The van der Waals surface area contributed by atoms with Crippen LogP contribution in [0, 0.1) is 12.3 Å². The van der Waals surface area contributed by atoms with Crippen LogP contribution in [-0.2, 0) is 4.79 Å². The lowest BCUT2D eigenvalue weighted by Crippen LogP contribution is -2.34. The van der Waals surface area contributed by atoms with Crippen molar-refractivity contribution < 1.29 is 9.59 Å². The Morgan fingerprint density at radius 1 is 1.73 bits per heavy atom. The van der Waals surface area contributed by atoms with Crippen molar-refractivity contribution in [3.05, 3.63) is 0 Å². The van der Waals surface area contributed by atoms with Gasteiger partial charge >= 0.3 is 6.03 Å². The van der Waals surface area contributed by atoms with Gasteiger partial charge in [-0.05, 0) is 6.92 Å². The minimum Gasteiger partial charge on any atom is -0.302 e. The van der Waals surface area contributed by atoms with Crippen LogP contribution in [0.2, 0.25) is 0 Å². The Labute approximate surface area is 64.6 Å². The zero-order valence-corrected chi connectivity index (χ0v) is 6.13. The molecule has 1 aliphatic heterocycles. The van der Waals surface area contributed by atoms with E-state index in [9.17, 15) is 9.59 Å². The van der Waals surface area contributed by atoms with Crippen molar-refractivity contribution in [3.8, 4) is 12.3 Å². The molecular weight excluding hydrogens is 144 g/mol. The first-order valence-corrected chi connectivity index (χ1v) is 3.21. The predicted molar refractivity (Wildman–Crippen MR) is 38.5 cm³/mol. The first-order valence-electron chi connectivity index (χ1n) is 3.21. The number of hydrogen-bond acceptors (Lipinski definition) is 2. The molecule has 1 aliphatic rings. The third kappa shape index (κ3) is 1.32. The molecule has 1 rings (SSSR count). The van der Waals surface area contributed by atoms with Crippen molar-refractivity contribution in [2.45, 2.75) is 13.0 Å². The zero-order chi connectivity index (χ0) is 8.43. The Hall–Kier alpha value is -1.50. The second-order valence-electron chi connectivity index (χ2n) is 2.32. The standard InChI is InChI=1S/C7H8N2O2/c1-3-5(2)9-4-6(10)8-7(9)11/h1,5H,4H2,2H3,(H,8,10,11). The third-order valence-corrected chi connectivity index (χ3v) is 1.53. The maximum Gasteiger partial charge on any atom is 0.325 e. The molecule has 1 fully saturated rings. The van der Waals surface area contributed by atoms with Crippen LogP contribution in [0.4, 0.5) is 4.79 Å². The summed E-state index contributed by atoms with van der Waals surface area (Å²) >= 11 is 0. The fourth-order valence-electron chi connectivity index (χ4n) is 0.860. The lowest BCUT2D eigenvalue weighted by Gasteiger charge is -2.15. The molecule has 4 nitrogen and oxygen atoms in total. The minimum atomic E-state index is -0.402. The van der Waals surface area contributed by atoms with Gasteiger partial charge in [-0.25, -0.2) is 4.79 Å². The first-order chi connectivity index (χ1) is 5.15. The zero-order valence-electron chi connectivity index (χ0n) is 6.13. The first kappa shape index (κ1) is 7.61. The molecule has 1 N–H and O–H groups in total. The van der Waals surface area contributed by atoms with Gasteiger partial charge in [-0.15, -0.1) is 6.42 Å². The number of amides is 3. The molecule has 0 aliphatic carbocycles. The van der Waals surface area contributed by atoms with Gasteiger partial charge in [-0.2, -0.15) is 0 Å². The van der Waals surface area contributed by atoms with Crippen LogP contribution in [-0.4, -0.2) is 29.4 Å². The maximum absolute atomic E-state index is 10.9. The van der Waals surface area contributed by atoms with Crippen LogP contribution in [0.25, 0.3) is 0 Å². The van der Waals surface area contributed by atoms with Gasteiger partial charge < -0.3 is 4.90 Å². The summed E-state index contributed by atoms with van der Waals surface area (Å²) < 4.78 is 0. The Morgan fingerprint density at radius 2 is 2.36 bits per heavy atom. The van der Waals surface area contributed by atoms with Gasteiger partial charge in [0.25, 0.3) is 0 Å². The highest BCUT2D eigenvalue weighted by Gasteiger charge is 2.29. The largest absolute Gasteiger partial charge is 0.325 e. The average molecular weight is 152 g/mol. The molecule has 1 saturated heterocycles. The van der Waals surface area contributed by atoms with Gasteiger partial charge in [0.15, 0.2) is 0 Å². The summed E-state index contributed by atoms with van der Waals surface area (Å²) in [5.74, 6) is 2.08. The van der Waals surface area contributed by atoms with Crippen molar-refractivity contribution in [2.24, 2.45) is 0 Å². The lowest BCUT2D eigenvalue weighted by molar-refractivity contribution is -0.118. The Kier molecular flexibility index (Phi) is 1.81.